The Morgan fingerprint density at radius 2 is 2.33 bits per heavy atom. The number of likely N-dealkylation sites (N-methyl/N-ethyl adjacent to an activating group) is 1. The summed E-state index contributed by atoms with van der Waals surface area (Å²) in [5.74, 6) is 0.395. The third-order valence-corrected chi connectivity index (χ3v) is 4.42. The monoisotopic (exact) mass is 332 g/mol. The minimum Gasteiger partial charge on any atom is -0.376 e. The number of nitrogens with one attached hydrogen (secondary N) is 1. The maximum atomic E-state index is 13.8. The van der Waals surface area contributed by atoms with Crippen molar-refractivity contribution in [2.75, 3.05) is 20.2 Å². The highest BCUT2D eigenvalue weighted by atomic mass is 19.1. The van der Waals surface area contributed by atoms with Crippen molar-refractivity contribution in [3.05, 3.63) is 47.3 Å². The van der Waals surface area contributed by atoms with Crippen LogP contribution in [-0.2, 0) is 16.0 Å². The fourth-order valence-corrected chi connectivity index (χ4v) is 3.04. The first-order valence-electron chi connectivity index (χ1n) is 8.00. The molecule has 1 aromatic carbocycles. The van der Waals surface area contributed by atoms with Gasteiger partial charge >= 0.3 is 0 Å². The molecular formula is C17H21FN4O2. The van der Waals surface area contributed by atoms with Gasteiger partial charge < -0.3 is 9.64 Å². The predicted molar refractivity (Wildman–Crippen MR) is 86.0 cm³/mol. The minimum atomic E-state index is -0.348. The number of aryl methyl sites for hydroxylation is 1. The lowest BCUT2D eigenvalue weighted by Gasteiger charge is -2.24. The number of H-pyrrole nitrogens is 1. The first-order valence-corrected chi connectivity index (χ1v) is 8.00. The Morgan fingerprint density at radius 3 is 3.08 bits per heavy atom. The molecule has 2 heterocycles. The number of hydrogen-bond acceptors (Lipinski definition) is 4. The molecule has 1 saturated heterocycles. The summed E-state index contributed by atoms with van der Waals surface area (Å²) in [7, 11) is 1.72. The van der Waals surface area contributed by atoms with Gasteiger partial charge in [-0.2, -0.15) is 5.10 Å². The Balaban J connectivity index is 1.62. The van der Waals surface area contributed by atoms with Crippen LogP contribution in [0, 0.1) is 12.7 Å². The highest BCUT2D eigenvalue weighted by molar-refractivity contribution is 5.78. The van der Waals surface area contributed by atoms with E-state index in [0.29, 0.717) is 18.7 Å². The Bertz CT molecular complexity index is 705. The van der Waals surface area contributed by atoms with Crippen LogP contribution in [0.4, 0.5) is 4.39 Å². The second-order valence-electron chi connectivity index (χ2n) is 6.22. The van der Waals surface area contributed by atoms with Crippen molar-refractivity contribution in [2.45, 2.75) is 31.8 Å². The molecule has 0 radical (unpaired) electrons. The Hall–Kier alpha value is -2.28. The van der Waals surface area contributed by atoms with Gasteiger partial charge in [0.2, 0.25) is 5.91 Å². The third kappa shape index (κ3) is 3.62. The normalized spacial score (nSPS) is 20.3. The number of carbonyl (C=O) groups is 1. The first-order chi connectivity index (χ1) is 11.5. The van der Waals surface area contributed by atoms with Gasteiger partial charge in [-0.05, 0) is 25.0 Å². The fourth-order valence-electron chi connectivity index (χ4n) is 3.04. The molecule has 0 unspecified atom stereocenters. The molecule has 0 bridgehead atoms. The third-order valence-electron chi connectivity index (χ3n) is 4.42. The van der Waals surface area contributed by atoms with Gasteiger partial charge in [-0.3, -0.25) is 9.89 Å². The van der Waals surface area contributed by atoms with Gasteiger partial charge in [-0.1, -0.05) is 17.7 Å². The lowest BCUT2D eigenvalue weighted by molar-refractivity contribution is -0.130. The zero-order chi connectivity index (χ0) is 17.1. The number of hydrogen-bond donors (Lipinski definition) is 1. The summed E-state index contributed by atoms with van der Waals surface area (Å²) >= 11 is 0. The summed E-state index contributed by atoms with van der Waals surface area (Å²) in [5.41, 5.74) is 1.36. The Labute approximate surface area is 140 Å². The van der Waals surface area contributed by atoms with Crippen molar-refractivity contribution in [1.29, 1.82) is 0 Å². The zero-order valence-electron chi connectivity index (χ0n) is 13.8. The van der Waals surface area contributed by atoms with E-state index in [-0.39, 0.29) is 30.2 Å². The van der Waals surface area contributed by atoms with Crippen molar-refractivity contribution < 1.29 is 13.9 Å². The van der Waals surface area contributed by atoms with Crippen LogP contribution in [0.1, 0.15) is 29.3 Å². The summed E-state index contributed by atoms with van der Waals surface area (Å²) in [6.45, 7) is 2.95. The van der Waals surface area contributed by atoms with E-state index in [4.69, 9.17) is 4.74 Å². The SMILES string of the molecule is Cc1ccc(F)c(CC(=O)N(C)C[C@H]2OCC[C@H]2c2ncn[nH]2)c1. The van der Waals surface area contributed by atoms with Gasteiger partial charge in [0.15, 0.2) is 0 Å². The molecule has 1 aliphatic heterocycles. The number of carbonyl (C=O) groups excluding carboxylic acids is 1. The first kappa shape index (κ1) is 16.6. The van der Waals surface area contributed by atoms with Gasteiger partial charge in [-0.25, -0.2) is 9.37 Å². The van der Waals surface area contributed by atoms with Crippen LogP contribution in [0.25, 0.3) is 0 Å². The summed E-state index contributed by atoms with van der Waals surface area (Å²) in [6.07, 6.45) is 2.23. The average Bonchev–Trinajstić information content (AvgIpc) is 3.21. The van der Waals surface area contributed by atoms with E-state index in [1.54, 1.807) is 24.1 Å². The van der Waals surface area contributed by atoms with Gasteiger partial charge in [-0.15, -0.1) is 0 Å². The number of rotatable bonds is 5. The lowest BCUT2D eigenvalue weighted by Crippen LogP contribution is -2.37. The smallest absolute Gasteiger partial charge is 0.226 e. The topological polar surface area (TPSA) is 71.1 Å². The van der Waals surface area contributed by atoms with Gasteiger partial charge in [0.25, 0.3) is 0 Å². The van der Waals surface area contributed by atoms with Crippen LogP contribution in [0.5, 0.6) is 0 Å². The lowest BCUT2D eigenvalue weighted by atomic mass is 10.00. The van der Waals surface area contributed by atoms with Gasteiger partial charge in [0.05, 0.1) is 12.5 Å². The van der Waals surface area contributed by atoms with E-state index in [1.807, 2.05) is 6.92 Å². The maximum Gasteiger partial charge on any atom is 0.226 e. The molecular weight excluding hydrogens is 311 g/mol. The van der Waals surface area contributed by atoms with Crippen molar-refractivity contribution in [1.82, 2.24) is 20.1 Å². The highest BCUT2D eigenvalue weighted by Crippen LogP contribution is 2.29. The molecule has 2 atom stereocenters. The highest BCUT2D eigenvalue weighted by Gasteiger charge is 2.33. The molecule has 0 aliphatic carbocycles. The molecule has 0 spiro atoms. The van der Waals surface area contributed by atoms with Crippen molar-refractivity contribution in [3.63, 3.8) is 0 Å². The second-order valence-corrected chi connectivity index (χ2v) is 6.22. The molecule has 0 saturated carbocycles. The molecule has 1 fully saturated rings. The standard InChI is InChI=1S/C17H21FN4O2/c1-11-3-4-14(18)12(7-11)8-16(23)22(2)9-15-13(5-6-24-15)17-19-10-20-21-17/h3-4,7,10,13,15H,5-6,8-9H2,1-2H3,(H,19,20,21)/t13-,15-/m1/s1. The summed E-state index contributed by atoms with van der Waals surface area (Å²) < 4.78 is 19.6. The summed E-state index contributed by atoms with van der Waals surface area (Å²) in [6, 6.07) is 4.81. The van der Waals surface area contributed by atoms with E-state index < -0.39 is 0 Å². The summed E-state index contributed by atoms with van der Waals surface area (Å²) in [5, 5.41) is 6.75. The maximum absolute atomic E-state index is 13.8. The molecule has 6 nitrogen and oxygen atoms in total. The van der Waals surface area contributed by atoms with Crippen LogP contribution in [0.2, 0.25) is 0 Å². The van der Waals surface area contributed by atoms with Crippen LogP contribution in [0.3, 0.4) is 0 Å². The van der Waals surface area contributed by atoms with E-state index >= 15 is 0 Å². The second kappa shape index (κ2) is 7.09. The van der Waals surface area contributed by atoms with Gasteiger partial charge in [0.1, 0.15) is 18.0 Å². The number of ether oxygens (including phenoxy) is 1. The molecule has 1 amide bonds. The predicted octanol–water partition coefficient (Wildman–Crippen LogP) is 1.83. The number of amides is 1. The van der Waals surface area contributed by atoms with E-state index in [2.05, 4.69) is 15.2 Å². The number of aromatic amines is 1. The quantitative estimate of drug-likeness (QED) is 0.907. The van der Waals surface area contributed by atoms with Crippen LogP contribution in [-0.4, -0.2) is 52.3 Å². The molecule has 2 aromatic rings. The zero-order valence-corrected chi connectivity index (χ0v) is 13.8. The number of nitrogens with zero attached hydrogens (tertiary/aromatic N) is 3. The van der Waals surface area contributed by atoms with E-state index in [9.17, 15) is 9.18 Å². The molecule has 1 aliphatic rings. The fraction of sp³-hybridized carbons (Fsp3) is 0.471. The molecule has 1 N–H and O–H groups in total. The van der Waals surface area contributed by atoms with E-state index in [0.717, 1.165) is 17.8 Å². The molecule has 128 valence electrons. The minimum absolute atomic E-state index is 0.0453. The van der Waals surface area contributed by atoms with Gasteiger partial charge in [0, 0.05) is 26.1 Å². The van der Waals surface area contributed by atoms with Crippen LogP contribution >= 0.6 is 0 Å². The average molecular weight is 332 g/mol. The number of benzene rings is 1. The largest absolute Gasteiger partial charge is 0.376 e. The molecule has 1 aromatic heterocycles. The Kier molecular flexibility index (Phi) is 4.89. The van der Waals surface area contributed by atoms with E-state index in [1.165, 1.54) is 12.4 Å². The summed E-state index contributed by atoms with van der Waals surface area (Å²) in [4.78, 5) is 18.2. The van der Waals surface area contributed by atoms with Crippen LogP contribution < -0.4 is 0 Å². The van der Waals surface area contributed by atoms with Crippen LogP contribution in [0.15, 0.2) is 24.5 Å². The number of halogens is 1. The molecule has 7 heteroatoms. The number of aromatic nitrogens is 3. The molecule has 24 heavy (non-hydrogen) atoms. The molecule has 3 rings (SSSR count). The van der Waals surface area contributed by atoms with Crippen molar-refractivity contribution >= 4 is 5.91 Å². The Morgan fingerprint density at radius 1 is 1.50 bits per heavy atom. The van der Waals surface area contributed by atoms with Crippen molar-refractivity contribution in [3.8, 4) is 0 Å². The van der Waals surface area contributed by atoms with Crippen molar-refractivity contribution in [2.24, 2.45) is 0 Å².